The first-order chi connectivity index (χ1) is 15.9. The van der Waals surface area contributed by atoms with E-state index in [0.717, 1.165) is 44.1 Å². The average molecular weight is 486 g/mol. The van der Waals surface area contributed by atoms with Crippen LogP contribution in [-0.2, 0) is 0 Å². The molecule has 0 aromatic heterocycles. The van der Waals surface area contributed by atoms with Crippen molar-refractivity contribution < 1.29 is 43.2 Å². The molecule has 0 fully saturated rings. The number of benzene rings is 3. The normalized spacial score (nSPS) is 12.1. The number of rotatable bonds is 3. The lowest BCUT2D eigenvalue weighted by Crippen LogP contribution is -2.58. The monoisotopic (exact) mass is 485 g/mol. The van der Waals surface area contributed by atoms with Gasteiger partial charge in [-0.2, -0.15) is 14.0 Å². The third-order valence-corrected chi connectivity index (χ3v) is 5.41. The molecule has 9 heteroatoms. The molecule has 0 saturated carbocycles. The van der Waals surface area contributed by atoms with E-state index in [1.807, 2.05) is 45.0 Å². The van der Waals surface area contributed by atoms with Crippen molar-refractivity contribution in [3.63, 3.8) is 0 Å². The van der Waals surface area contributed by atoms with Crippen LogP contribution in [0.3, 0.4) is 0 Å². The molecule has 4 rings (SSSR count). The zero-order valence-electron chi connectivity index (χ0n) is 19.1. The minimum absolute atomic E-state index is 0.277. The van der Waals surface area contributed by atoms with Gasteiger partial charge in [-0.25, -0.2) is 4.79 Å². The molecular weight excluding hydrogens is 462 g/mol. The van der Waals surface area contributed by atoms with Gasteiger partial charge in [-0.3, -0.25) is 4.99 Å². The van der Waals surface area contributed by atoms with Gasteiger partial charge in [-0.15, -0.1) is 0 Å². The van der Waals surface area contributed by atoms with Gasteiger partial charge in [-0.1, -0.05) is 18.2 Å². The predicted molar refractivity (Wildman–Crippen MR) is 118 cm³/mol. The Morgan fingerprint density at radius 2 is 1.59 bits per heavy atom. The SMILES string of the molecule is CCN=c1cc2oc3cc(C)c(C)cc3c(-c3ccccc3C(=O)O)c-2cc1C.[O-][Cl+3]([O-])([O-])O. The molecule has 1 heterocycles. The zero-order valence-corrected chi connectivity index (χ0v) is 19.8. The molecule has 34 heavy (non-hydrogen) atoms. The van der Waals surface area contributed by atoms with Crippen LogP contribution >= 0.6 is 0 Å². The van der Waals surface area contributed by atoms with Crippen LogP contribution in [0.25, 0.3) is 33.4 Å². The molecule has 1 aliphatic heterocycles. The molecule has 2 aromatic carbocycles. The summed E-state index contributed by atoms with van der Waals surface area (Å²) in [5, 5.41) is 11.6. The summed E-state index contributed by atoms with van der Waals surface area (Å²) in [7, 11) is -4.69. The summed E-state index contributed by atoms with van der Waals surface area (Å²) in [5.74, 6) is -0.241. The zero-order chi connectivity index (χ0) is 25.2. The molecule has 2 aromatic rings. The van der Waals surface area contributed by atoms with Crippen molar-refractivity contribution in [2.24, 2.45) is 4.99 Å². The third-order valence-electron chi connectivity index (χ3n) is 5.41. The maximum Gasteiger partial charge on any atom is 0.336 e. The number of halogens is 1. The molecule has 1 aliphatic carbocycles. The highest BCUT2D eigenvalue weighted by Crippen LogP contribution is 2.42. The van der Waals surface area contributed by atoms with Crippen molar-refractivity contribution in [3.8, 4) is 22.5 Å². The molecule has 0 spiro atoms. The molecule has 2 N–H and O–H groups in total. The van der Waals surface area contributed by atoms with Crippen molar-refractivity contribution in [1.82, 2.24) is 0 Å². The first-order valence-corrected chi connectivity index (χ1v) is 11.6. The highest BCUT2D eigenvalue weighted by molar-refractivity contribution is 6.07. The van der Waals surface area contributed by atoms with E-state index in [2.05, 4.69) is 24.0 Å². The molecule has 0 atom stereocenters. The van der Waals surface area contributed by atoms with Gasteiger partial charge < -0.3 is 9.52 Å². The number of carboxylic acid groups (broad SMARTS) is 1. The van der Waals surface area contributed by atoms with Gasteiger partial charge in [0.1, 0.15) is 11.3 Å². The van der Waals surface area contributed by atoms with E-state index in [0.29, 0.717) is 17.9 Å². The van der Waals surface area contributed by atoms with Gasteiger partial charge in [0.05, 0.1) is 25.8 Å². The maximum absolute atomic E-state index is 12.0. The number of aromatic carboxylic acids is 1. The van der Waals surface area contributed by atoms with Crippen LogP contribution in [-0.4, -0.2) is 22.3 Å². The van der Waals surface area contributed by atoms with Crippen LogP contribution in [0.1, 0.15) is 34.0 Å². The standard InChI is InChI=1S/C25H23NO3.ClHO4/c1-5-26-21-13-23-20(11-16(21)4)24(17-8-6-7-9-18(17)25(27)28)19-10-14(2)15(3)12-22(19)29-23;2-1(3,4)5/h6-13H,5H2,1-4H3,(H,27,28);(H,2,3,4,5). The van der Waals surface area contributed by atoms with E-state index in [4.69, 9.17) is 23.1 Å². The Hall–Kier alpha value is -3.27. The van der Waals surface area contributed by atoms with E-state index in [1.54, 1.807) is 12.1 Å². The second kappa shape index (κ2) is 9.92. The van der Waals surface area contributed by atoms with E-state index in [-0.39, 0.29) is 5.56 Å². The van der Waals surface area contributed by atoms with Crippen molar-refractivity contribution in [2.75, 3.05) is 6.54 Å². The summed E-state index contributed by atoms with van der Waals surface area (Å²) < 4.78 is 39.0. The van der Waals surface area contributed by atoms with E-state index >= 15 is 0 Å². The second-order valence-electron chi connectivity index (χ2n) is 7.77. The van der Waals surface area contributed by atoms with E-state index < -0.39 is 16.2 Å². The smallest absolute Gasteiger partial charge is 0.336 e. The summed E-state index contributed by atoms with van der Waals surface area (Å²) >= 11 is 0. The van der Waals surface area contributed by atoms with Crippen molar-refractivity contribution >= 4 is 16.9 Å². The van der Waals surface area contributed by atoms with Crippen LogP contribution in [0.4, 0.5) is 0 Å². The molecule has 178 valence electrons. The first kappa shape index (κ1) is 25.4. The molecule has 8 nitrogen and oxygen atoms in total. The Balaban J connectivity index is 0.000000588. The Morgan fingerprint density at radius 3 is 2.21 bits per heavy atom. The minimum atomic E-state index is -4.69. The molecule has 0 radical (unpaired) electrons. The number of carboxylic acids is 1. The van der Waals surface area contributed by atoms with Gasteiger partial charge >= 0.3 is 5.97 Å². The highest BCUT2D eigenvalue weighted by atomic mass is 35.7. The molecule has 2 aliphatic rings. The van der Waals surface area contributed by atoms with Crippen LogP contribution < -0.4 is 19.3 Å². The van der Waals surface area contributed by atoms with Crippen LogP contribution in [0, 0.1) is 31.0 Å². The van der Waals surface area contributed by atoms with Crippen LogP contribution in [0.5, 0.6) is 0 Å². The van der Waals surface area contributed by atoms with Gasteiger partial charge in [0.2, 0.25) is 0 Å². The number of carbonyl (C=O) groups is 1. The largest absolute Gasteiger partial charge is 0.478 e. The Bertz CT molecular complexity index is 1400. The molecule has 0 unspecified atom stereocenters. The van der Waals surface area contributed by atoms with Gasteiger partial charge in [-0.05, 0) is 74.2 Å². The third kappa shape index (κ3) is 5.61. The number of hydrogen-bond acceptors (Lipinski definition) is 7. The summed E-state index contributed by atoms with van der Waals surface area (Å²) in [4.78, 5) is 16.5. The molecule has 0 bridgehead atoms. The van der Waals surface area contributed by atoms with Crippen LogP contribution in [0.15, 0.2) is 57.9 Å². The van der Waals surface area contributed by atoms with Crippen LogP contribution in [0.2, 0.25) is 0 Å². The summed E-state index contributed by atoms with van der Waals surface area (Å²) in [6.07, 6.45) is 0. The fraction of sp³-hybridized carbons (Fsp3) is 0.200. The summed E-state index contributed by atoms with van der Waals surface area (Å²) in [5.41, 5.74) is 6.77. The minimum Gasteiger partial charge on any atom is -0.478 e. The Labute approximate surface area is 198 Å². The number of hydrogen-bond donors (Lipinski definition) is 2. The van der Waals surface area contributed by atoms with Crippen molar-refractivity contribution in [2.45, 2.75) is 27.7 Å². The molecular formula is C25H24ClNO7. The fourth-order valence-electron chi connectivity index (χ4n) is 3.81. The van der Waals surface area contributed by atoms with Gasteiger partial charge in [0.15, 0.2) is 0 Å². The lowest BCUT2D eigenvalue weighted by atomic mass is 9.89. The van der Waals surface area contributed by atoms with Gasteiger partial charge in [0.25, 0.3) is 0 Å². The quantitative estimate of drug-likeness (QED) is 0.418. The number of nitrogens with zero attached hydrogens (tertiary/aromatic N) is 1. The first-order valence-electron chi connectivity index (χ1n) is 10.4. The average Bonchev–Trinajstić information content (AvgIpc) is 2.73. The predicted octanol–water partition coefficient (Wildman–Crippen LogP) is 1.62. The highest BCUT2D eigenvalue weighted by Gasteiger charge is 2.22. The molecule has 0 amide bonds. The van der Waals surface area contributed by atoms with Crippen molar-refractivity contribution in [3.05, 3.63) is 76.1 Å². The lowest BCUT2D eigenvalue weighted by molar-refractivity contribution is -1.92. The summed E-state index contributed by atoms with van der Waals surface area (Å²) in [6.45, 7) is 8.81. The second-order valence-corrected chi connectivity index (χ2v) is 8.56. The Kier molecular flexibility index (Phi) is 7.40. The maximum atomic E-state index is 12.0. The molecule has 0 saturated heterocycles. The summed E-state index contributed by atoms with van der Waals surface area (Å²) in [6, 6.07) is 15.3. The van der Waals surface area contributed by atoms with E-state index in [1.165, 1.54) is 0 Å². The van der Waals surface area contributed by atoms with E-state index in [9.17, 15) is 9.90 Å². The number of aryl methyl sites for hydroxylation is 3. The van der Waals surface area contributed by atoms with Crippen molar-refractivity contribution in [1.29, 1.82) is 0 Å². The Morgan fingerprint density at radius 1 is 0.971 bits per heavy atom. The number of fused-ring (bicyclic) bond motifs is 2. The fourth-order valence-corrected chi connectivity index (χ4v) is 3.81. The topological polar surface area (TPSA) is 152 Å². The van der Waals surface area contributed by atoms with Gasteiger partial charge in [0, 0.05) is 29.1 Å². The lowest BCUT2D eigenvalue weighted by Gasteiger charge is -2.18.